The van der Waals surface area contributed by atoms with Gasteiger partial charge in [-0.2, -0.15) is 0 Å². The number of allylic oxidation sites excluding steroid dienone is 2. The summed E-state index contributed by atoms with van der Waals surface area (Å²) >= 11 is 0. The zero-order valence-corrected chi connectivity index (χ0v) is 14.3. The van der Waals surface area contributed by atoms with Crippen molar-refractivity contribution in [3.63, 3.8) is 0 Å². The van der Waals surface area contributed by atoms with E-state index in [1.807, 2.05) is 36.4 Å². The van der Waals surface area contributed by atoms with E-state index in [1.165, 1.54) is 35.1 Å². The topological polar surface area (TPSA) is 20.2 Å². The molecule has 0 unspecified atom stereocenters. The predicted octanol–water partition coefficient (Wildman–Crippen LogP) is 6.54. The van der Waals surface area contributed by atoms with E-state index in [0.29, 0.717) is 5.75 Å². The summed E-state index contributed by atoms with van der Waals surface area (Å²) in [6, 6.07) is 26.9. The third kappa shape index (κ3) is 3.23. The van der Waals surface area contributed by atoms with E-state index < -0.39 is 0 Å². The number of phenolic OH excluding ortho intramolecular Hbond substituents is 1. The Labute approximate surface area is 149 Å². The zero-order chi connectivity index (χ0) is 17.1. The quantitative estimate of drug-likeness (QED) is 0.579. The van der Waals surface area contributed by atoms with Crippen LogP contribution in [0.4, 0.5) is 0 Å². The highest BCUT2D eigenvalue weighted by Gasteiger charge is 2.17. The third-order valence-corrected chi connectivity index (χ3v) is 5.02. The molecule has 0 atom stereocenters. The Hall–Kier alpha value is -2.80. The highest BCUT2D eigenvalue weighted by Crippen LogP contribution is 2.40. The number of hydrogen-bond acceptors (Lipinski definition) is 1. The first-order valence-electron chi connectivity index (χ1n) is 8.99. The van der Waals surface area contributed by atoms with Gasteiger partial charge in [-0.3, -0.25) is 0 Å². The van der Waals surface area contributed by atoms with Gasteiger partial charge in [0, 0.05) is 5.56 Å². The van der Waals surface area contributed by atoms with Gasteiger partial charge in [-0.15, -0.1) is 0 Å². The van der Waals surface area contributed by atoms with Gasteiger partial charge in [-0.25, -0.2) is 0 Å². The van der Waals surface area contributed by atoms with Gasteiger partial charge in [-0.1, -0.05) is 66.7 Å². The Morgan fingerprint density at radius 1 is 0.560 bits per heavy atom. The SMILES string of the molecule is Oc1ccc(C2=C(c3ccccc3)CCCC2)cc1-c1ccccc1. The molecule has 0 saturated heterocycles. The molecule has 0 spiro atoms. The van der Waals surface area contributed by atoms with Crippen LogP contribution in [-0.4, -0.2) is 5.11 Å². The van der Waals surface area contributed by atoms with Crippen LogP contribution < -0.4 is 0 Å². The predicted molar refractivity (Wildman–Crippen MR) is 105 cm³/mol. The van der Waals surface area contributed by atoms with Crippen LogP contribution in [-0.2, 0) is 0 Å². The van der Waals surface area contributed by atoms with Crippen LogP contribution in [0, 0.1) is 0 Å². The van der Waals surface area contributed by atoms with Crippen molar-refractivity contribution in [2.75, 3.05) is 0 Å². The molecule has 0 radical (unpaired) electrons. The van der Waals surface area contributed by atoms with Crippen LogP contribution in [0.1, 0.15) is 36.8 Å². The van der Waals surface area contributed by atoms with Gasteiger partial charge in [0.2, 0.25) is 0 Å². The molecular formula is C24H22O. The normalized spacial score (nSPS) is 14.6. The summed E-state index contributed by atoms with van der Waals surface area (Å²) in [6.45, 7) is 0. The fourth-order valence-corrected chi connectivity index (χ4v) is 3.75. The van der Waals surface area contributed by atoms with Gasteiger partial charge in [0.1, 0.15) is 5.75 Å². The number of hydrogen-bond donors (Lipinski definition) is 1. The number of benzene rings is 3. The molecular weight excluding hydrogens is 304 g/mol. The van der Waals surface area contributed by atoms with Crippen LogP contribution in [0.2, 0.25) is 0 Å². The largest absolute Gasteiger partial charge is 0.507 e. The molecule has 1 aliphatic rings. The maximum absolute atomic E-state index is 10.4. The standard InChI is InChI=1S/C24H22O/c25-24-16-15-20(17-23(24)19-11-5-2-6-12-19)22-14-8-7-13-21(22)18-9-3-1-4-10-18/h1-6,9-12,15-17,25H,7-8,13-14H2. The molecule has 0 saturated carbocycles. The highest BCUT2D eigenvalue weighted by atomic mass is 16.3. The second-order valence-corrected chi connectivity index (χ2v) is 6.63. The molecule has 0 aromatic heterocycles. The lowest BCUT2D eigenvalue weighted by molar-refractivity contribution is 0.477. The van der Waals surface area contributed by atoms with E-state index in [0.717, 1.165) is 24.0 Å². The van der Waals surface area contributed by atoms with Crippen LogP contribution in [0.25, 0.3) is 22.3 Å². The molecule has 4 rings (SSSR count). The molecule has 0 heterocycles. The smallest absolute Gasteiger partial charge is 0.123 e. The van der Waals surface area contributed by atoms with E-state index in [4.69, 9.17) is 0 Å². The number of rotatable bonds is 3. The second kappa shape index (κ2) is 6.98. The molecule has 1 nitrogen and oxygen atoms in total. The van der Waals surface area contributed by atoms with Crippen LogP contribution in [0.3, 0.4) is 0 Å². The molecule has 1 heteroatoms. The van der Waals surface area contributed by atoms with Crippen molar-refractivity contribution in [1.29, 1.82) is 0 Å². The molecule has 1 aliphatic carbocycles. The Kier molecular flexibility index (Phi) is 4.39. The molecule has 3 aromatic carbocycles. The van der Waals surface area contributed by atoms with Gasteiger partial charge < -0.3 is 5.11 Å². The monoisotopic (exact) mass is 326 g/mol. The van der Waals surface area contributed by atoms with Gasteiger partial charge >= 0.3 is 0 Å². The molecule has 1 N–H and O–H groups in total. The summed E-state index contributed by atoms with van der Waals surface area (Å²) < 4.78 is 0. The maximum Gasteiger partial charge on any atom is 0.123 e. The van der Waals surface area contributed by atoms with E-state index in [1.54, 1.807) is 0 Å². The minimum absolute atomic E-state index is 0.340. The highest BCUT2D eigenvalue weighted by molar-refractivity contribution is 5.92. The summed E-state index contributed by atoms with van der Waals surface area (Å²) in [5, 5.41) is 10.4. The zero-order valence-electron chi connectivity index (χ0n) is 14.3. The Morgan fingerprint density at radius 3 is 1.76 bits per heavy atom. The summed E-state index contributed by atoms with van der Waals surface area (Å²) in [7, 11) is 0. The average molecular weight is 326 g/mol. The van der Waals surface area contributed by atoms with E-state index in [2.05, 4.69) is 42.5 Å². The van der Waals surface area contributed by atoms with E-state index >= 15 is 0 Å². The summed E-state index contributed by atoms with van der Waals surface area (Å²) in [6.07, 6.45) is 4.70. The second-order valence-electron chi connectivity index (χ2n) is 6.63. The first kappa shape index (κ1) is 15.7. The summed E-state index contributed by atoms with van der Waals surface area (Å²) in [5.41, 5.74) is 7.40. The molecule has 0 fully saturated rings. The maximum atomic E-state index is 10.4. The third-order valence-electron chi connectivity index (χ3n) is 5.02. The molecule has 0 bridgehead atoms. The van der Waals surface area contributed by atoms with E-state index in [9.17, 15) is 5.11 Å². The van der Waals surface area contributed by atoms with Crippen molar-refractivity contribution in [2.45, 2.75) is 25.7 Å². The van der Waals surface area contributed by atoms with Crippen molar-refractivity contribution in [1.82, 2.24) is 0 Å². The van der Waals surface area contributed by atoms with Gasteiger partial charge in [0.25, 0.3) is 0 Å². The first-order valence-corrected chi connectivity index (χ1v) is 8.99. The summed E-state index contributed by atoms with van der Waals surface area (Å²) in [4.78, 5) is 0. The fourth-order valence-electron chi connectivity index (χ4n) is 3.75. The minimum atomic E-state index is 0.340. The lowest BCUT2D eigenvalue weighted by Gasteiger charge is -2.22. The Morgan fingerprint density at radius 2 is 1.12 bits per heavy atom. The van der Waals surface area contributed by atoms with Gasteiger partial charge in [0.05, 0.1) is 0 Å². The van der Waals surface area contributed by atoms with Crippen molar-refractivity contribution in [3.8, 4) is 16.9 Å². The lowest BCUT2D eigenvalue weighted by Crippen LogP contribution is -1.99. The molecule has 0 aliphatic heterocycles. The molecule has 124 valence electrons. The Bertz CT molecular complexity index is 892. The Balaban J connectivity index is 1.84. The molecule has 0 amide bonds. The minimum Gasteiger partial charge on any atom is -0.507 e. The van der Waals surface area contributed by atoms with Crippen LogP contribution in [0.5, 0.6) is 5.75 Å². The fraction of sp³-hybridized carbons (Fsp3) is 0.167. The van der Waals surface area contributed by atoms with Crippen molar-refractivity contribution >= 4 is 11.1 Å². The van der Waals surface area contributed by atoms with Crippen molar-refractivity contribution < 1.29 is 5.11 Å². The molecule has 3 aromatic rings. The van der Waals surface area contributed by atoms with Crippen molar-refractivity contribution in [2.24, 2.45) is 0 Å². The van der Waals surface area contributed by atoms with Gasteiger partial charge in [-0.05, 0) is 65.7 Å². The number of phenols is 1. The first-order chi connectivity index (χ1) is 12.3. The van der Waals surface area contributed by atoms with Gasteiger partial charge in [0.15, 0.2) is 0 Å². The number of aromatic hydroxyl groups is 1. The lowest BCUT2D eigenvalue weighted by atomic mass is 9.83. The van der Waals surface area contributed by atoms with Crippen LogP contribution >= 0.6 is 0 Å². The molecule has 25 heavy (non-hydrogen) atoms. The average Bonchev–Trinajstić information content (AvgIpc) is 2.70. The van der Waals surface area contributed by atoms with Crippen molar-refractivity contribution in [3.05, 3.63) is 90.0 Å². The van der Waals surface area contributed by atoms with E-state index in [-0.39, 0.29) is 0 Å². The summed E-state index contributed by atoms with van der Waals surface area (Å²) in [5.74, 6) is 0.340. The van der Waals surface area contributed by atoms with Crippen LogP contribution in [0.15, 0.2) is 78.9 Å².